The van der Waals surface area contributed by atoms with Crippen molar-refractivity contribution in [2.45, 2.75) is 12.5 Å². The molecule has 1 unspecified atom stereocenters. The molecule has 0 fully saturated rings. The Morgan fingerprint density at radius 1 is 0.963 bits per heavy atom. The summed E-state index contributed by atoms with van der Waals surface area (Å²) in [6.45, 7) is 2.06. The van der Waals surface area contributed by atoms with Crippen molar-refractivity contribution >= 4 is 11.9 Å². The normalized spacial score (nSPS) is 19.3. The predicted molar refractivity (Wildman–Crippen MR) is 106 cm³/mol. The number of likely N-dealkylation sites (N-methyl/N-ethyl adjacent to an activating group) is 1. The molecular formula is C22H20N4O. The predicted octanol–water partition coefficient (Wildman–Crippen LogP) is 3.09. The van der Waals surface area contributed by atoms with Crippen molar-refractivity contribution in [3.8, 4) is 11.1 Å². The SMILES string of the molecule is Cc1cccc(-c2cccc(C3(c4cccnc4)N=C(N)N(C)C3=O)c2)c1. The van der Waals surface area contributed by atoms with Crippen molar-refractivity contribution in [2.75, 3.05) is 7.05 Å². The number of guanidine groups is 1. The number of pyridine rings is 1. The van der Waals surface area contributed by atoms with Crippen molar-refractivity contribution in [1.29, 1.82) is 0 Å². The lowest BCUT2D eigenvalue weighted by atomic mass is 9.82. The minimum absolute atomic E-state index is 0.186. The van der Waals surface area contributed by atoms with Gasteiger partial charge in [-0.05, 0) is 35.7 Å². The summed E-state index contributed by atoms with van der Waals surface area (Å²) in [5.74, 6) is 0.0132. The molecular weight excluding hydrogens is 336 g/mol. The summed E-state index contributed by atoms with van der Waals surface area (Å²) in [7, 11) is 1.64. The number of nitrogens with zero attached hydrogens (tertiary/aromatic N) is 3. The molecule has 2 N–H and O–H groups in total. The molecule has 27 heavy (non-hydrogen) atoms. The zero-order chi connectivity index (χ0) is 19.0. The maximum absolute atomic E-state index is 13.2. The number of carbonyl (C=O) groups excluding carboxylic acids is 1. The molecule has 0 spiro atoms. The minimum atomic E-state index is -1.22. The average Bonchev–Trinajstić information content (AvgIpc) is 2.94. The molecule has 1 aromatic heterocycles. The van der Waals surface area contributed by atoms with E-state index in [-0.39, 0.29) is 11.9 Å². The van der Waals surface area contributed by atoms with Crippen molar-refractivity contribution in [1.82, 2.24) is 9.88 Å². The topological polar surface area (TPSA) is 71.6 Å². The van der Waals surface area contributed by atoms with Crippen molar-refractivity contribution in [2.24, 2.45) is 10.7 Å². The molecule has 0 radical (unpaired) electrons. The van der Waals surface area contributed by atoms with Crippen LogP contribution in [0.15, 0.2) is 78.0 Å². The Labute approximate surface area is 158 Å². The van der Waals surface area contributed by atoms with Gasteiger partial charge in [-0.1, -0.05) is 54.1 Å². The lowest BCUT2D eigenvalue weighted by Crippen LogP contribution is -2.41. The Bertz CT molecular complexity index is 1040. The molecule has 1 aliphatic heterocycles. The molecule has 1 atom stereocenters. The highest BCUT2D eigenvalue weighted by atomic mass is 16.2. The Kier molecular flexibility index (Phi) is 4.00. The molecule has 1 amide bonds. The van der Waals surface area contributed by atoms with Crippen LogP contribution in [0, 0.1) is 6.92 Å². The zero-order valence-electron chi connectivity index (χ0n) is 15.3. The van der Waals surface area contributed by atoms with E-state index >= 15 is 0 Å². The summed E-state index contributed by atoms with van der Waals surface area (Å²) in [5.41, 5.74) is 9.57. The molecule has 2 heterocycles. The number of aryl methyl sites for hydroxylation is 1. The summed E-state index contributed by atoms with van der Waals surface area (Å²) < 4.78 is 0. The third-order valence-corrected chi connectivity index (χ3v) is 4.95. The van der Waals surface area contributed by atoms with E-state index < -0.39 is 5.54 Å². The molecule has 4 rings (SSSR count). The van der Waals surface area contributed by atoms with Gasteiger partial charge in [-0.2, -0.15) is 0 Å². The fraction of sp³-hybridized carbons (Fsp3) is 0.136. The first-order chi connectivity index (χ1) is 13.0. The van der Waals surface area contributed by atoms with Crippen molar-refractivity contribution in [3.63, 3.8) is 0 Å². The lowest BCUT2D eigenvalue weighted by Gasteiger charge is -2.26. The van der Waals surface area contributed by atoms with Crippen LogP contribution in [0.4, 0.5) is 0 Å². The van der Waals surface area contributed by atoms with Gasteiger partial charge in [0.1, 0.15) is 0 Å². The van der Waals surface area contributed by atoms with Crippen LogP contribution < -0.4 is 5.73 Å². The van der Waals surface area contributed by atoms with Gasteiger partial charge in [0.15, 0.2) is 11.5 Å². The van der Waals surface area contributed by atoms with E-state index in [0.29, 0.717) is 5.56 Å². The first-order valence-corrected chi connectivity index (χ1v) is 8.74. The van der Waals surface area contributed by atoms with Gasteiger partial charge < -0.3 is 5.73 Å². The summed E-state index contributed by atoms with van der Waals surface area (Å²) in [5, 5.41) is 0. The number of amides is 1. The van der Waals surface area contributed by atoms with Gasteiger partial charge in [0.2, 0.25) is 0 Å². The highest BCUT2D eigenvalue weighted by Crippen LogP contribution is 2.40. The van der Waals surface area contributed by atoms with Crippen LogP contribution >= 0.6 is 0 Å². The number of aromatic nitrogens is 1. The second kappa shape index (κ2) is 6.36. The van der Waals surface area contributed by atoms with E-state index in [1.807, 2.05) is 36.4 Å². The molecule has 0 saturated carbocycles. The number of hydrogen-bond donors (Lipinski definition) is 1. The number of carbonyl (C=O) groups is 1. The van der Waals surface area contributed by atoms with Crippen molar-refractivity contribution < 1.29 is 4.79 Å². The first-order valence-electron chi connectivity index (χ1n) is 8.74. The number of rotatable bonds is 3. The van der Waals surface area contributed by atoms with E-state index in [1.54, 1.807) is 25.5 Å². The first kappa shape index (κ1) is 17.0. The Morgan fingerprint density at radius 3 is 2.30 bits per heavy atom. The van der Waals surface area contributed by atoms with Crippen LogP contribution in [0.3, 0.4) is 0 Å². The van der Waals surface area contributed by atoms with Crippen LogP contribution in [-0.2, 0) is 10.3 Å². The van der Waals surface area contributed by atoms with E-state index in [0.717, 1.165) is 16.7 Å². The zero-order valence-corrected chi connectivity index (χ0v) is 15.3. The van der Waals surface area contributed by atoms with Gasteiger partial charge >= 0.3 is 0 Å². The minimum Gasteiger partial charge on any atom is -0.369 e. The molecule has 0 bridgehead atoms. The number of benzene rings is 2. The third-order valence-electron chi connectivity index (χ3n) is 4.95. The van der Waals surface area contributed by atoms with E-state index in [1.165, 1.54) is 10.5 Å². The molecule has 5 heteroatoms. The Hall–Kier alpha value is -3.47. The van der Waals surface area contributed by atoms with Gasteiger partial charge in [0.05, 0.1) is 0 Å². The molecule has 3 aromatic rings. The van der Waals surface area contributed by atoms with Crippen LogP contribution in [0.1, 0.15) is 16.7 Å². The molecule has 134 valence electrons. The number of nitrogens with two attached hydrogens (primary N) is 1. The summed E-state index contributed by atoms with van der Waals surface area (Å²) in [6, 6.07) is 19.8. The van der Waals surface area contributed by atoms with Crippen LogP contribution in [-0.4, -0.2) is 28.8 Å². The van der Waals surface area contributed by atoms with Gasteiger partial charge in [-0.15, -0.1) is 0 Å². The van der Waals surface area contributed by atoms with E-state index in [4.69, 9.17) is 5.73 Å². The van der Waals surface area contributed by atoms with E-state index in [9.17, 15) is 4.79 Å². The van der Waals surface area contributed by atoms with Crippen LogP contribution in [0.25, 0.3) is 11.1 Å². The summed E-state index contributed by atoms with van der Waals surface area (Å²) in [4.78, 5) is 23.4. The fourth-order valence-corrected chi connectivity index (χ4v) is 3.51. The van der Waals surface area contributed by atoms with Crippen LogP contribution in [0.5, 0.6) is 0 Å². The third kappa shape index (κ3) is 2.68. The number of hydrogen-bond acceptors (Lipinski definition) is 4. The largest absolute Gasteiger partial charge is 0.369 e. The summed E-state index contributed by atoms with van der Waals surface area (Å²) in [6.07, 6.45) is 3.35. The Morgan fingerprint density at radius 2 is 1.67 bits per heavy atom. The molecule has 0 aliphatic carbocycles. The van der Waals surface area contributed by atoms with Gasteiger partial charge in [0, 0.05) is 25.0 Å². The standard InChI is InChI=1S/C22H20N4O/c1-15-6-3-7-16(12-15)17-8-4-9-18(13-17)22(19-10-5-11-24-14-19)20(27)26(2)21(23)25-22/h3-14H,1-2H3,(H2,23,25). The highest BCUT2D eigenvalue weighted by Gasteiger charge is 2.49. The maximum atomic E-state index is 13.2. The molecule has 0 saturated heterocycles. The Balaban J connectivity index is 1.93. The molecule has 2 aromatic carbocycles. The van der Waals surface area contributed by atoms with Gasteiger partial charge in [-0.25, -0.2) is 4.99 Å². The van der Waals surface area contributed by atoms with Crippen molar-refractivity contribution in [3.05, 3.63) is 89.7 Å². The second-order valence-electron chi connectivity index (χ2n) is 6.74. The monoisotopic (exact) mass is 356 g/mol. The maximum Gasteiger partial charge on any atom is 0.266 e. The van der Waals surface area contributed by atoms with Gasteiger partial charge in [0.25, 0.3) is 5.91 Å². The van der Waals surface area contributed by atoms with Gasteiger partial charge in [-0.3, -0.25) is 14.7 Å². The average molecular weight is 356 g/mol. The summed E-state index contributed by atoms with van der Waals surface area (Å²) >= 11 is 0. The quantitative estimate of drug-likeness (QED) is 0.784. The number of aliphatic imine (C=N–C) groups is 1. The molecule has 5 nitrogen and oxygen atoms in total. The second-order valence-corrected chi connectivity index (χ2v) is 6.74. The lowest BCUT2D eigenvalue weighted by molar-refractivity contribution is -0.129. The highest BCUT2D eigenvalue weighted by molar-refractivity contribution is 6.09. The molecule has 1 aliphatic rings. The smallest absolute Gasteiger partial charge is 0.266 e. The van der Waals surface area contributed by atoms with Crippen LogP contribution in [0.2, 0.25) is 0 Å². The van der Waals surface area contributed by atoms with E-state index in [2.05, 4.69) is 35.1 Å². The fourth-order valence-electron chi connectivity index (χ4n) is 3.51.